The van der Waals surface area contributed by atoms with Crippen LogP contribution >= 0.6 is 11.6 Å². The number of carboxylic acid groups (broad SMARTS) is 1. The number of carboxylic acids is 1. The van der Waals surface area contributed by atoms with Gasteiger partial charge in [0.05, 0.1) is 5.92 Å². The minimum absolute atomic E-state index is 0.0711. The first kappa shape index (κ1) is 30.1. The quantitative estimate of drug-likeness (QED) is 0.450. The van der Waals surface area contributed by atoms with E-state index in [0.29, 0.717) is 50.3 Å². The highest BCUT2D eigenvalue weighted by Crippen LogP contribution is 2.37. The van der Waals surface area contributed by atoms with Crippen LogP contribution in [0.4, 0.5) is 36.8 Å². The van der Waals surface area contributed by atoms with E-state index < -0.39 is 42.0 Å². The molecule has 0 aliphatic carbocycles. The van der Waals surface area contributed by atoms with Crippen LogP contribution in [0.3, 0.4) is 0 Å². The third-order valence-electron chi connectivity index (χ3n) is 7.47. The van der Waals surface area contributed by atoms with E-state index in [1.807, 2.05) is 31.0 Å². The second-order valence-electron chi connectivity index (χ2n) is 10.1. The first-order valence-electron chi connectivity index (χ1n) is 12.1. The van der Waals surface area contributed by atoms with Crippen LogP contribution in [0.2, 0.25) is 5.02 Å². The molecule has 2 fully saturated rings. The first-order chi connectivity index (χ1) is 17.5. The van der Waals surface area contributed by atoms with Gasteiger partial charge in [-0.25, -0.2) is 4.79 Å². The van der Waals surface area contributed by atoms with Gasteiger partial charge >= 0.3 is 24.4 Å². The average molecular weight is 574 g/mol. The fraction of sp³-hybridized carbons (Fsp3) is 0.667. The fourth-order valence-electron chi connectivity index (χ4n) is 4.83. The summed E-state index contributed by atoms with van der Waals surface area (Å²) in [6, 6.07) is 5.45. The predicted molar refractivity (Wildman–Crippen MR) is 127 cm³/mol. The molecule has 214 valence electrons. The Labute approximate surface area is 221 Å². The molecular formula is C24H30ClF6N3O4. The van der Waals surface area contributed by atoms with E-state index in [0.717, 1.165) is 16.2 Å². The van der Waals surface area contributed by atoms with Crippen LogP contribution in [0.5, 0.6) is 0 Å². The number of amides is 1. The van der Waals surface area contributed by atoms with Crippen molar-refractivity contribution in [2.24, 2.45) is 5.92 Å². The Balaban J connectivity index is 1.64. The minimum atomic E-state index is -5.77. The summed E-state index contributed by atoms with van der Waals surface area (Å²) < 4.78 is 80.4. The minimum Gasteiger partial charge on any atom is -0.481 e. The molecule has 0 bridgehead atoms. The molecule has 0 radical (unpaired) electrons. The lowest BCUT2D eigenvalue weighted by atomic mass is 9.87. The van der Waals surface area contributed by atoms with E-state index in [4.69, 9.17) is 11.6 Å². The lowest BCUT2D eigenvalue weighted by Crippen LogP contribution is -2.54. The van der Waals surface area contributed by atoms with Gasteiger partial charge in [0.15, 0.2) is 0 Å². The molecule has 2 aliphatic heterocycles. The van der Waals surface area contributed by atoms with Crippen LogP contribution in [-0.4, -0.2) is 84.2 Å². The van der Waals surface area contributed by atoms with Gasteiger partial charge in [-0.15, -0.1) is 0 Å². The second-order valence-corrected chi connectivity index (χ2v) is 10.5. The van der Waals surface area contributed by atoms with E-state index >= 15 is 0 Å². The maximum atomic E-state index is 12.8. The molecule has 7 nitrogen and oxygen atoms in total. The summed E-state index contributed by atoms with van der Waals surface area (Å²) in [6.45, 7) is 3.34. The maximum absolute atomic E-state index is 12.8. The zero-order valence-electron chi connectivity index (χ0n) is 20.9. The number of carbonyl (C=O) groups excluding carboxylic acids is 1. The molecule has 14 heteroatoms. The van der Waals surface area contributed by atoms with Gasteiger partial charge in [-0.1, -0.05) is 17.7 Å². The molecule has 2 saturated heterocycles. The second kappa shape index (κ2) is 11.4. The Bertz CT molecular complexity index is 992. The predicted octanol–water partition coefficient (Wildman–Crippen LogP) is 5.56. The van der Waals surface area contributed by atoms with Crippen molar-refractivity contribution in [3.05, 3.63) is 28.8 Å². The molecule has 0 unspecified atom stereocenters. The third-order valence-corrected chi connectivity index (χ3v) is 7.71. The molecule has 2 aliphatic rings. The van der Waals surface area contributed by atoms with Crippen molar-refractivity contribution in [2.75, 3.05) is 38.1 Å². The highest BCUT2D eigenvalue weighted by Gasteiger charge is 2.60. The monoisotopic (exact) mass is 573 g/mol. The van der Waals surface area contributed by atoms with Gasteiger partial charge in [0, 0.05) is 49.0 Å². The smallest absolute Gasteiger partial charge is 0.434 e. The van der Waals surface area contributed by atoms with Gasteiger partial charge in [-0.3, -0.25) is 9.69 Å². The zero-order chi connectivity index (χ0) is 28.5. The molecule has 0 saturated carbocycles. The number of hydrogen-bond donors (Lipinski definition) is 1. The number of alkyl halides is 6. The molecule has 0 aromatic heterocycles. The van der Waals surface area contributed by atoms with Crippen LogP contribution < -0.4 is 4.90 Å². The third kappa shape index (κ3) is 7.16. The summed E-state index contributed by atoms with van der Waals surface area (Å²) in [5.74, 6) is -1.21. The van der Waals surface area contributed by atoms with Crippen LogP contribution in [-0.2, 0) is 16.1 Å². The van der Waals surface area contributed by atoms with Gasteiger partial charge in [0.2, 0.25) is 0 Å². The Kier molecular flexibility index (Phi) is 9.02. The number of ether oxygens (including phenoxy) is 1. The molecule has 1 amide bonds. The Morgan fingerprint density at radius 3 is 2.16 bits per heavy atom. The first-order valence-corrected chi connectivity index (χ1v) is 12.5. The van der Waals surface area contributed by atoms with E-state index in [1.54, 1.807) is 6.07 Å². The van der Waals surface area contributed by atoms with Crippen molar-refractivity contribution >= 4 is 29.4 Å². The van der Waals surface area contributed by atoms with Crippen molar-refractivity contribution in [3.8, 4) is 0 Å². The van der Waals surface area contributed by atoms with E-state index in [1.165, 1.54) is 0 Å². The summed E-state index contributed by atoms with van der Waals surface area (Å²) in [4.78, 5) is 28.4. The maximum Gasteiger partial charge on any atom is 0.434 e. The summed E-state index contributed by atoms with van der Waals surface area (Å²) in [6.07, 6.45) is -15.8. The molecule has 0 spiro atoms. The van der Waals surface area contributed by atoms with E-state index in [-0.39, 0.29) is 13.1 Å². The Morgan fingerprint density at radius 2 is 1.66 bits per heavy atom. The molecular weight excluding hydrogens is 544 g/mol. The van der Waals surface area contributed by atoms with Crippen molar-refractivity contribution in [2.45, 2.75) is 63.1 Å². The average Bonchev–Trinajstić information content (AvgIpc) is 2.82. The molecule has 0 atom stereocenters. The fourth-order valence-corrected chi connectivity index (χ4v) is 4.99. The topological polar surface area (TPSA) is 73.3 Å². The summed E-state index contributed by atoms with van der Waals surface area (Å²) in [5, 5.41) is 9.80. The number of anilines is 1. The highest BCUT2D eigenvalue weighted by molar-refractivity contribution is 6.30. The number of nitrogens with zero attached hydrogens (tertiary/aromatic N) is 3. The van der Waals surface area contributed by atoms with Crippen molar-refractivity contribution in [3.63, 3.8) is 0 Å². The van der Waals surface area contributed by atoms with Crippen LogP contribution in [0.25, 0.3) is 0 Å². The number of likely N-dealkylation sites (tertiary alicyclic amines) is 1. The molecule has 1 N–H and O–H groups in total. The summed E-state index contributed by atoms with van der Waals surface area (Å²) >= 11 is 6.24. The number of hydrogen-bond acceptors (Lipinski definition) is 5. The van der Waals surface area contributed by atoms with Crippen molar-refractivity contribution in [1.82, 2.24) is 9.80 Å². The van der Waals surface area contributed by atoms with E-state index in [2.05, 4.69) is 9.64 Å². The van der Waals surface area contributed by atoms with Gasteiger partial charge in [0.1, 0.15) is 0 Å². The lowest BCUT2D eigenvalue weighted by molar-refractivity contribution is -0.308. The van der Waals surface area contributed by atoms with Crippen LogP contribution in [0.15, 0.2) is 18.2 Å². The van der Waals surface area contributed by atoms with E-state index in [9.17, 15) is 41.0 Å². The van der Waals surface area contributed by atoms with Crippen molar-refractivity contribution < 1.29 is 45.8 Å². The number of halogens is 7. The normalized spacial score (nSPS) is 19.2. The zero-order valence-corrected chi connectivity index (χ0v) is 21.7. The van der Waals surface area contributed by atoms with Gasteiger partial charge < -0.3 is 19.6 Å². The molecule has 1 aromatic rings. The number of rotatable bonds is 6. The van der Waals surface area contributed by atoms with Gasteiger partial charge in [0.25, 0.3) is 6.10 Å². The summed E-state index contributed by atoms with van der Waals surface area (Å²) in [7, 11) is 1.85. The number of aliphatic carboxylic acids is 1. The highest BCUT2D eigenvalue weighted by atomic mass is 35.5. The molecule has 3 rings (SSSR count). The standard InChI is InChI=1S/C24H30ClF6N3O4/c1-22(7-11-34(12-8-22)21(37)38-20(23(26,27)28)24(29,30)31)32(2)14-16-3-4-17(25)13-18(16)33-9-5-15(6-10-33)19(35)36/h3-4,13,15,20H,5-12,14H2,1-2H3,(H,35,36). The summed E-state index contributed by atoms with van der Waals surface area (Å²) in [5.41, 5.74) is 1.31. The van der Waals surface area contributed by atoms with Crippen LogP contribution in [0, 0.1) is 5.92 Å². The Morgan fingerprint density at radius 1 is 1.11 bits per heavy atom. The largest absolute Gasteiger partial charge is 0.481 e. The number of benzene rings is 1. The molecule has 38 heavy (non-hydrogen) atoms. The van der Waals surface area contributed by atoms with Crippen molar-refractivity contribution in [1.29, 1.82) is 0 Å². The SMILES string of the molecule is CN(Cc1ccc(Cl)cc1N1CCC(C(=O)O)CC1)C1(C)CCN(C(=O)OC(C(F)(F)F)C(F)(F)F)CC1. The number of carbonyl (C=O) groups is 2. The van der Waals surface area contributed by atoms with Gasteiger partial charge in [-0.2, -0.15) is 26.3 Å². The number of piperidine rings is 2. The van der Waals surface area contributed by atoms with Gasteiger partial charge in [-0.05, 0) is 57.4 Å². The molecule has 2 heterocycles. The lowest BCUT2D eigenvalue weighted by Gasteiger charge is -2.45. The van der Waals surface area contributed by atoms with Crippen LogP contribution in [0.1, 0.15) is 38.2 Å². The Hall–Kier alpha value is -2.41. The molecule has 1 aromatic carbocycles.